The molecular formula is C27H42N4O4. The molecule has 2 heterocycles. The number of carbonyl (C=O) groups excluding carboxylic acids is 1. The van der Waals surface area contributed by atoms with Crippen molar-refractivity contribution in [3.63, 3.8) is 0 Å². The molecule has 4 rings (SSSR count). The molecule has 0 bridgehead atoms. The number of non-ortho nitro benzene ring substituents is 1. The van der Waals surface area contributed by atoms with Gasteiger partial charge in [-0.1, -0.05) is 0 Å². The second-order valence-corrected chi connectivity index (χ2v) is 12.0. The Hall–Kier alpha value is -2.35. The van der Waals surface area contributed by atoms with E-state index in [1.54, 1.807) is 12.1 Å². The Morgan fingerprint density at radius 2 is 1.69 bits per heavy atom. The van der Waals surface area contributed by atoms with Gasteiger partial charge in [0, 0.05) is 63.1 Å². The average molecular weight is 487 g/mol. The maximum absolute atomic E-state index is 12.4. The second kappa shape index (κ2) is 10.3. The van der Waals surface area contributed by atoms with E-state index < -0.39 is 5.60 Å². The number of nitrogens with zero attached hydrogens (tertiary/aromatic N) is 4. The molecule has 8 nitrogen and oxygen atoms in total. The fourth-order valence-electron chi connectivity index (χ4n) is 6.08. The number of carbonyl (C=O) groups is 1. The van der Waals surface area contributed by atoms with Gasteiger partial charge in [0.05, 0.1) is 4.92 Å². The number of hydrogen-bond donors (Lipinski definition) is 0. The fourth-order valence-corrected chi connectivity index (χ4v) is 6.08. The van der Waals surface area contributed by atoms with E-state index in [0.717, 1.165) is 63.7 Å². The number of piperidine rings is 1. The molecule has 1 amide bonds. The van der Waals surface area contributed by atoms with Crippen LogP contribution in [-0.4, -0.2) is 71.7 Å². The predicted octanol–water partition coefficient (Wildman–Crippen LogP) is 5.31. The van der Waals surface area contributed by atoms with Gasteiger partial charge in [-0.2, -0.15) is 0 Å². The second-order valence-electron chi connectivity index (χ2n) is 12.0. The zero-order valence-electron chi connectivity index (χ0n) is 21.9. The number of amides is 1. The van der Waals surface area contributed by atoms with Crippen molar-refractivity contribution in [1.29, 1.82) is 0 Å². The molecule has 35 heavy (non-hydrogen) atoms. The fraction of sp³-hybridized carbons (Fsp3) is 0.741. The Balaban J connectivity index is 1.21. The minimum atomic E-state index is -0.436. The third-order valence-electron chi connectivity index (χ3n) is 8.33. The van der Waals surface area contributed by atoms with Crippen molar-refractivity contribution in [2.45, 2.75) is 77.9 Å². The first kappa shape index (κ1) is 25.7. The van der Waals surface area contributed by atoms with Gasteiger partial charge in [0.2, 0.25) is 0 Å². The van der Waals surface area contributed by atoms with Crippen LogP contribution in [0.5, 0.6) is 0 Å². The summed E-state index contributed by atoms with van der Waals surface area (Å²) in [4.78, 5) is 29.9. The molecule has 194 valence electrons. The summed E-state index contributed by atoms with van der Waals surface area (Å²) in [5.41, 5.74) is 1.19. The van der Waals surface area contributed by atoms with Crippen LogP contribution in [0.4, 0.5) is 16.2 Å². The Morgan fingerprint density at radius 1 is 1.06 bits per heavy atom. The Morgan fingerprint density at radius 3 is 2.23 bits per heavy atom. The molecule has 1 aromatic carbocycles. The molecule has 3 aliphatic rings. The van der Waals surface area contributed by atoms with E-state index >= 15 is 0 Å². The minimum absolute atomic E-state index is 0.144. The maximum Gasteiger partial charge on any atom is 0.410 e. The predicted molar refractivity (Wildman–Crippen MR) is 138 cm³/mol. The van der Waals surface area contributed by atoms with E-state index in [1.807, 2.05) is 37.8 Å². The molecule has 1 saturated carbocycles. The summed E-state index contributed by atoms with van der Waals surface area (Å²) in [5, 5.41) is 10.9. The monoisotopic (exact) mass is 486 g/mol. The number of likely N-dealkylation sites (tertiary alicyclic amines) is 1. The summed E-state index contributed by atoms with van der Waals surface area (Å²) in [5.74, 6) is 0.748. The van der Waals surface area contributed by atoms with Gasteiger partial charge >= 0.3 is 6.09 Å². The normalized spacial score (nSPS) is 23.9. The first-order chi connectivity index (χ1) is 16.5. The van der Waals surface area contributed by atoms with Crippen molar-refractivity contribution < 1.29 is 14.5 Å². The van der Waals surface area contributed by atoms with Crippen molar-refractivity contribution in [3.8, 4) is 0 Å². The van der Waals surface area contributed by atoms with Crippen LogP contribution in [-0.2, 0) is 4.74 Å². The molecule has 1 aromatic rings. The molecule has 0 N–H and O–H groups in total. The van der Waals surface area contributed by atoms with E-state index in [-0.39, 0.29) is 16.7 Å². The quantitative estimate of drug-likeness (QED) is 0.424. The Bertz CT molecular complexity index is 879. The highest BCUT2D eigenvalue weighted by Crippen LogP contribution is 2.46. The first-order valence-electron chi connectivity index (χ1n) is 13.2. The number of rotatable bonds is 4. The summed E-state index contributed by atoms with van der Waals surface area (Å²) < 4.78 is 5.57. The lowest BCUT2D eigenvalue weighted by Crippen LogP contribution is -2.53. The third-order valence-corrected chi connectivity index (χ3v) is 8.33. The molecule has 2 aliphatic heterocycles. The number of ether oxygens (including phenoxy) is 1. The minimum Gasteiger partial charge on any atom is -0.444 e. The lowest BCUT2D eigenvalue weighted by atomic mass is 9.65. The SMILES string of the molecule is C[C@@H]1CN(c2ccc([N+](=O)[O-])cc2)CCN1CC1CCC2(CC1)CCN(C(=O)OC(C)(C)C)CC2. The van der Waals surface area contributed by atoms with Gasteiger partial charge in [-0.3, -0.25) is 15.0 Å². The van der Waals surface area contributed by atoms with E-state index in [9.17, 15) is 14.9 Å². The van der Waals surface area contributed by atoms with Crippen LogP contribution in [0, 0.1) is 21.4 Å². The Labute approximate surface area is 209 Å². The molecule has 3 fully saturated rings. The maximum atomic E-state index is 12.4. The molecule has 1 atom stereocenters. The summed E-state index contributed by atoms with van der Waals surface area (Å²) in [6.07, 6.45) is 7.15. The first-order valence-corrected chi connectivity index (χ1v) is 13.2. The molecule has 1 aliphatic carbocycles. The van der Waals surface area contributed by atoms with Gasteiger partial charge in [0.25, 0.3) is 5.69 Å². The lowest BCUT2D eigenvalue weighted by molar-refractivity contribution is -0.384. The molecule has 2 saturated heterocycles. The van der Waals surface area contributed by atoms with Crippen molar-refractivity contribution in [2.75, 3.05) is 44.2 Å². The van der Waals surface area contributed by atoms with Crippen LogP contribution >= 0.6 is 0 Å². The van der Waals surface area contributed by atoms with Crippen LogP contribution in [0.3, 0.4) is 0 Å². The van der Waals surface area contributed by atoms with Crippen LogP contribution in [0.1, 0.15) is 66.2 Å². The molecule has 0 unspecified atom stereocenters. The van der Waals surface area contributed by atoms with Gasteiger partial charge in [0.1, 0.15) is 5.60 Å². The average Bonchev–Trinajstić information content (AvgIpc) is 2.81. The van der Waals surface area contributed by atoms with Crippen LogP contribution in [0.15, 0.2) is 24.3 Å². The van der Waals surface area contributed by atoms with Gasteiger partial charge in [0.15, 0.2) is 0 Å². The number of nitro benzene ring substituents is 1. The van der Waals surface area contributed by atoms with Gasteiger partial charge in [-0.05, 0) is 89.7 Å². The number of benzene rings is 1. The Kier molecular flexibility index (Phi) is 7.60. The van der Waals surface area contributed by atoms with Gasteiger partial charge in [-0.25, -0.2) is 4.79 Å². The largest absolute Gasteiger partial charge is 0.444 e. The van der Waals surface area contributed by atoms with Gasteiger partial charge in [-0.15, -0.1) is 0 Å². The molecule has 0 aromatic heterocycles. The topological polar surface area (TPSA) is 79.2 Å². The summed E-state index contributed by atoms with van der Waals surface area (Å²) in [7, 11) is 0. The van der Waals surface area contributed by atoms with Crippen LogP contribution in [0.2, 0.25) is 0 Å². The molecule has 1 spiro atoms. The van der Waals surface area contributed by atoms with E-state index in [2.05, 4.69) is 16.7 Å². The molecular weight excluding hydrogens is 444 g/mol. The highest BCUT2D eigenvalue weighted by atomic mass is 16.6. The van der Waals surface area contributed by atoms with Gasteiger partial charge < -0.3 is 14.5 Å². The number of hydrogen-bond acceptors (Lipinski definition) is 6. The van der Waals surface area contributed by atoms with Crippen LogP contribution in [0.25, 0.3) is 0 Å². The van der Waals surface area contributed by atoms with Crippen LogP contribution < -0.4 is 4.90 Å². The van der Waals surface area contributed by atoms with E-state index in [0.29, 0.717) is 11.5 Å². The van der Waals surface area contributed by atoms with E-state index in [1.165, 1.54) is 25.7 Å². The highest BCUT2D eigenvalue weighted by molar-refractivity contribution is 5.68. The molecule has 8 heteroatoms. The lowest BCUT2D eigenvalue weighted by Gasteiger charge is -2.47. The third kappa shape index (κ3) is 6.46. The number of piperazine rings is 1. The molecule has 0 radical (unpaired) electrons. The summed E-state index contributed by atoms with van der Waals surface area (Å²) >= 11 is 0. The standard InChI is InChI=1S/C27H42N4O4/c1-21-19-30(23-5-7-24(8-6-23)31(33)34)18-17-29(21)20-22-9-11-27(12-10-22)13-15-28(16-14-27)25(32)35-26(2,3)4/h5-8,21-22H,9-20H2,1-4H3/t21-/m1/s1. The summed E-state index contributed by atoms with van der Waals surface area (Å²) in [6, 6.07) is 7.40. The number of nitro groups is 1. The van der Waals surface area contributed by atoms with Crippen molar-refractivity contribution in [3.05, 3.63) is 34.4 Å². The van der Waals surface area contributed by atoms with Crippen molar-refractivity contribution in [1.82, 2.24) is 9.80 Å². The summed E-state index contributed by atoms with van der Waals surface area (Å²) in [6.45, 7) is 13.8. The number of anilines is 1. The van der Waals surface area contributed by atoms with Crippen molar-refractivity contribution in [2.24, 2.45) is 11.3 Å². The zero-order valence-corrected chi connectivity index (χ0v) is 21.9. The highest BCUT2D eigenvalue weighted by Gasteiger charge is 2.40. The van der Waals surface area contributed by atoms with E-state index in [4.69, 9.17) is 4.74 Å². The smallest absolute Gasteiger partial charge is 0.410 e. The zero-order chi connectivity index (χ0) is 25.2. The van der Waals surface area contributed by atoms with Crippen molar-refractivity contribution >= 4 is 17.5 Å².